The second kappa shape index (κ2) is 6.07. The molecule has 2 aromatic rings. The molecule has 0 atom stereocenters. The summed E-state index contributed by atoms with van der Waals surface area (Å²) in [6, 6.07) is 6.11. The fourth-order valence-electron chi connectivity index (χ4n) is 2.48. The summed E-state index contributed by atoms with van der Waals surface area (Å²) in [5, 5.41) is 0. The minimum absolute atomic E-state index is 0.0301. The topological polar surface area (TPSA) is 96.3 Å². The van der Waals surface area contributed by atoms with Crippen LogP contribution in [0.2, 0.25) is 0 Å². The third-order valence-electron chi connectivity index (χ3n) is 3.85. The number of benzene rings is 1. The van der Waals surface area contributed by atoms with E-state index in [0.717, 1.165) is 0 Å². The van der Waals surface area contributed by atoms with E-state index in [1.807, 2.05) is 6.92 Å². The number of nitrogens with zero attached hydrogens (tertiary/aromatic N) is 2. The maximum atomic E-state index is 13.3. The van der Waals surface area contributed by atoms with Gasteiger partial charge in [-0.15, -0.1) is 0 Å². The van der Waals surface area contributed by atoms with Gasteiger partial charge in [-0.05, 0) is 24.3 Å². The third kappa shape index (κ3) is 3.60. The quantitative estimate of drug-likeness (QED) is 0.876. The van der Waals surface area contributed by atoms with Crippen LogP contribution in [0, 0.1) is 5.41 Å². The van der Waals surface area contributed by atoms with Crippen molar-refractivity contribution in [3.05, 3.63) is 29.8 Å². The van der Waals surface area contributed by atoms with Crippen LogP contribution in [0.3, 0.4) is 0 Å². The molecule has 1 aliphatic heterocycles. The van der Waals surface area contributed by atoms with Gasteiger partial charge in [0.05, 0.1) is 25.5 Å². The summed E-state index contributed by atoms with van der Waals surface area (Å²) in [5.41, 5.74) is 9.59. The summed E-state index contributed by atoms with van der Waals surface area (Å²) in [5.74, 6) is -0.479. The van der Waals surface area contributed by atoms with Crippen LogP contribution in [0.25, 0.3) is 11.3 Å². The van der Waals surface area contributed by atoms with E-state index in [2.05, 4.69) is 9.97 Å². The molecule has 0 amide bonds. The predicted molar refractivity (Wildman–Crippen MR) is 85.7 cm³/mol. The van der Waals surface area contributed by atoms with Crippen molar-refractivity contribution in [2.24, 2.45) is 5.41 Å². The van der Waals surface area contributed by atoms with Crippen LogP contribution in [-0.4, -0.2) is 29.8 Å². The van der Waals surface area contributed by atoms with Gasteiger partial charge in [-0.3, -0.25) is 0 Å². The Kier molecular flexibility index (Phi) is 4.19. The summed E-state index contributed by atoms with van der Waals surface area (Å²) in [7, 11) is 0. The minimum atomic E-state index is -4.69. The van der Waals surface area contributed by atoms with Gasteiger partial charge in [0, 0.05) is 11.0 Å². The number of halogens is 3. The van der Waals surface area contributed by atoms with Gasteiger partial charge in [-0.25, -0.2) is 4.98 Å². The highest BCUT2D eigenvalue weighted by molar-refractivity contribution is 5.70. The Balaban J connectivity index is 1.87. The first kappa shape index (κ1) is 17.3. The zero-order valence-electron chi connectivity index (χ0n) is 13.4. The van der Waals surface area contributed by atoms with Crippen LogP contribution < -0.4 is 16.2 Å². The summed E-state index contributed by atoms with van der Waals surface area (Å²) >= 11 is 0. The van der Waals surface area contributed by atoms with E-state index in [4.69, 9.17) is 20.9 Å². The van der Waals surface area contributed by atoms with Gasteiger partial charge in [-0.2, -0.15) is 18.2 Å². The van der Waals surface area contributed by atoms with Gasteiger partial charge in [0.1, 0.15) is 17.1 Å². The monoisotopic (exact) mass is 354 g/mol. The van der Waals surface area contributed by atoms with Crippen LogP contribution in [0.15, 0.2) is 24.3 Å². The molecule has 3 rings (SSSR count). The molecule has 0 bridgehead atoms. The van der Waals surface area contributed by atoms with Crippen LogP contribution in [0.1, 0.15) is 12.5 Å². The Morgan fingerprint density at radius 1 is 1.16 bits per heavy atom. The summed E-state index contributed by atoms with van der Waals surface area (Å²) in [4.78, 5) is 7.12. The van der Waals surface area contributed by atoms with Gasteiger partial charge in [0.25, 0.3) is 0 Å². The lowest BCUT2D eigenvalue weighted by Gasteiger charge is -2.37. The van der Waals surface area contributed by atoms with Crippen molar-refractivity contribution in [3.63, 3.8) is 0 Å². The third-order valence-corrected chi connectivity index (χ3v) is 3.85. The first-order valence-electron chi connectivity index (χ1n) is 7.49. The molecular weight excluding hydrogens is 337 g/mol. The van der Waals surface area contributed by atoms with Crippen LogP contribution in [0.5, 0.6) is 5.75 Å². The number of anilines is 2. The Labute approximate surface area is 142 Å². The number of hydrogen-bond acceptors (Lipinski definition) is 6. The van der Waals surface area contributed by atoms with Crippen molar-refractivity contribution in [2.45, 2.75) is 13.1 Å². The number of alkyl halides is 3. The summed E-state index contributed by atoms with van der Waals surface area (Å²) in [6.45, 7) is 3.75. The number of hydrogen-bond donors (Lipinski definition) is 2. The fraction of sp³-hybridized carbons (Fsp3) is 0.375. The van der Waals surface area contributed by atoms with Crippen molar-refractivity contribution < 1.29 is 22.6 Å². The zero-order chi connectivity index (χ0) is 18.2. The molecule has 6 nitrogen and oxygen atoms in total. The molecule has 9 heteroatoms. The van der Waals surface area contributed by atoms with Crippen molar-refractivity contribution in [2.75, 3.05) is 31.3 Å². The Morgan fingerprint density at radius 2 is 1.80 bits per heavy atom. The van der Waals surface area contributed by atoms with E-state index in [1.165, 1.54) is 12.1 Å². The molecule has 134 valence electrons. The van der Waals surface area contributed by atoms with Crippen LogP contribution in [-0.2, 0) is 10.9 Å². The average Bonchev–Trinajstić information content (AvgIpc) is 2.49. The summed E-state index contributed by atoms with van der Waals surface area (Å²) < 4.78 is 50.6. The van der Waals surface area contributed by atoms with Crippen molar-refractivity contribution in [1.29, 1.82) is 0 Å². The maximum Gasteiger partial charge on any atom is 0.422 e. The molecule has 2 heterocycles. The number of aromatic nitrogens is 2. The second-order valence-electron chi connectivity index (χ2n) is 6.30. The lowest BCUT2D eigenvalue weighted by Crippen LogP contribution is -2.44. The van der Waals surface area contributed by atoms with Crippen LogP contribution >= 0.6 is 0 Å². The van der Waals surface area contributed by atoms with E-state index < -0.39 is 17.6 Å². The SMILES string of the molecule is CC1(COc2ccc(-c3nc(N)nc(N)c3C(F)(F)F)cc2)COC1. The lowest BCUT2D eigenvalue weighted by molar-refractivity contribution is -0.136. The molecule has 0 radical (unpaired) electrons. The van der Waals surface area contributed by atoms with E-state index in [1.54, 1.807) is 12.1 Å². The lowest BCUT2D eigenvalue weighted by atomic mass is 9.90. The van der Waals surface area contributed by atoms with E-state index in [9.17, 15) is 13.2 Å². The van der Waals surface area contributed by atoms with Gasteiger partial charge in [-0.1, -0.05) is 6.92 Å². The maximum absolute atomic E-state index is 13.3. The summed E-state index contributed by atoms with van der Waals surface area (Å²) in [6.07, 6.45) is -4.69. The fourth-order valence-corrected chi connectivity index (χ4v) is 2.48. The van der Waals surface area contributed by atoms with Gasteiger partial charge < -0.3 is 20.9 Å². The molecule has 4 N–H and O–H groups in total. The highest BCUT2D eigenvalue weighted by Gasteiger charge is 2.38. The highest BCUT2D eigenvalue weighted by atomic mass is 19.4. The highest BCUT2D eigenvalue weighted by Crippen LogP contribution is 2.39. The van der Waals surface area contributed by atoms with E-state index in [0.29, 0.717) is 25.6 Å². The normalized spacial score (nSPS) is 16.3. The number of nitrogen functional groups attached to an aromatic ring is 2. The largest absolute Gasteiger partial charge is 0.493 e. The predicted octanol–water partition coefficient (Wildman–Crippen LogP) is 2.74. The molecule has 1 aliphatic rings. The van der Waals surface area contributed by atoms with E-state index >= 15 is 0 Å². The molecule has 25 heavy (non-hydrogen) atoms. The molecule has 1 aromatic heterocycles. The standard InChI is InChI=1S/C16H17F3N4O2/c1-15(6-24-7-15)8-25-10-4-2-9(3-5-10)12-11(16(17,18)19)13(20)23-14(21)22-12/h2-5H,6-8H2,1H3,(H4,20,21,22,23). The molecule has 1 saturated heterocycles. The van der Waals surface area contributed by atoms with Crippen molar-refractivity contribution in [3.8, 4) is 17.0 Å². The smallest absolute Gasteiger partial charge is 0.422 e. The van der Waals surface area contributed by atoms with Crippen molar-refractivity contribution in [1.82, 2.24) is 9.97 Å². The Bertz CT molecular complexity index is 774. The number of ether oxygens (including phenoxy) is 2. The Hall–Kier alpha value is -2.55. The number of nitrogens with two attached hydrogens (primary N) is 2. The second-order valence-corrected chi connectivity index (χ2v) is 6.30. The molecule has 0 aliphatic carbocycles. The van der Waals surface area contributed by atoms with Crippen LogP contribution in [0.4, 0.5) is 24.9 Å². The minimum Gasteiger partial charge on any atom is -0.493 e. The first-order valence-corrected chi connectivity index (χ1v) is 7.49. The molecular formula is C16H17F3N4O2. The molecule has 1 fully saturated rings. The van der Waals surface area contributed by atoms with Crippen molar-refractivity contribution >= 4 is 11.8 Å². The molecule has 1 aromatic carbocycles. The Morgan fingerprint density at radius 3 is 2.32 bits per heavy atom. The zero-order valence-corrected chi connectivity index (χ0v) is 13.4. The average molecular weight is 354 g/mol. The molecule has 0 spiro atoms. The molecule has 0 unspecified atom stereocenters. The van der Waals surface area contributed by atoms with Gasteiger partial charge in [0.15, 0.2) is 0 Å². The number of rotatable bonds is 4. The first-order chi connectivity index (χ1) is 11.7. The van der Waals surface area contributed by atoms with Gasteiger partial charge >= 0.3 is 6.18 Å². The van der Waals surface area contributed by atoms with Gasteiger partial charge in [0.2, 0.25) is 5.95 Å². The van der Waals surface area contributed by atoms with E-state index in [-0.39, 0.29) is 22.6 Å². The molecule has 0 saturated carbocycles.